The maximum Gasteiger partial charge on any atom is 0.165 e. The Labute approximate surface area is 95.9 Å². The van der Waals surface area contributed by atoms with E-state index in [0.29, 0.717) is 11.7 Å². The van der Waals surface area contributed by atoms with E-state index in [1.165, 1.54) is 18.2 Å². The number of aryl methyl sites for hydroxylation is 1. The molecule has 16 heavy (non-hydrogen) atoms. The van der Waals surface area contributed by atoms with Crippen LogP contribution in [-0.4, -0.2) is 7.11 Å². The van der Waals surface area contributed by atoms with Crippen molar-refractivity contribution < 1.29 is 9.13 Å². The number of fused-ring (bicyclic) bond motifs is 1. The zero-order valence-electron chi connectivity index (χ0n) is 9.85. The molecule has 0 fully saturated rings. The summed E-state index contributed by atoms with van der Waals surface area (Å²) in [6.07, 6.45) is 2.98. The largest absolute Gasteiger partial charge is 0.494 e. The van der Waals surface area contributed by atoms with Crippen LogP contribution in [-0.2, 0) is 12.8 Å². The highest BCUT2D eigenvalue weighted by molar-refractivity contribution is 5.39. The lowest BCUT2D eigenvalue weighted by atomic mass is 9.81. The van der Waals surface area contributed by atoms with Crippen LogP contribution in [0, 0.1) is 11.7 Å². The minimum absolute atomic E-state index is 0.255. The van der Waals surface area contributed by atoms with E-state index in [1.807, 2.05) is 6.07 Å². The van der Waals surface area contributed by atoms with E-state index < -0.39 is 0 Å². The molecule has 0 heterocycles. The summed E-state index contributed by atoms with van der Waals surface area (Å²) in [6, 6.07) is 3.45. The highest BCUT2D eigenvalue weighted by Crippen LogP contribution is 2.32. The lowest BCUT2D eigenvalue weighted by molar-refractivity contribution is 0.383. The molecular weight excluding hydrogens is 203 g/mol. The number of benzene rings is 1. The zero-order chi connectivity index (χ0) is 11.7. The average molecular weight is 220 g/mol. The number of rotatable bonds is 2. The van der Waals surface area contributed by atoms with Crippen LogP contribution in [0.5, 0.6) is 5.75 Å². The minimum Gasteiger partial charge on any atom is -0.494 e. The molecule has 2 rings (SSSR count). The molecule has 0 spiro atoms. The molecule has 0 aliphatic heterocycles. The van der Waals surface area contributed by atoms with Gasteiger partial charge in [0.2, 0.25) is 0 Å². The fourth-order valence-electron chi connectivity index (χ4n) is 2.33. The van der Waals surface area contributed by atoms with Crippen molar-refractivity contribution in [3.05, 3.63) is 41.2 Å². The summed E-state index contributed by atoms with van der Waals surface area (Å²) in [5.41, 5.74) is 3.54. The Balaban J connectivity index is 2.34. The molecule has 1 aliphatic rings. The van der Waals surface area contributed by atoms with Gasteiger partial charge in [-0.1, -0.05) is 12.2 Å². The van der Waals surface area contributed by atoms with E-state index in [-0.39, 0.29) is 5.82 Å². The first-order valence-corrected chi connectivity index (χ1v) is 5.62. The first-order chi connectivity index (χ1) is 7.61. The van der Waals surface area contributed by atoms with E-state index in [0.717, 1.165) is 24.8 Å². The van der Waals surface area contributed by atoms with Gasteiger partial charge in [-0.2, -0.15) is 0 Å². The van der Waals surface area contributed by atoms with Gasteiger partial charge in [-0.3, -0.25) is 0 Å². The highest BCUT2D eigenvalue weighted by atomic mass is 19.1. The third-order valence-corrected chi connectivity index (χ3v) is 3.40. The van der Waals surface area contributed by atoms with Crippen molar-refractivity contribution in [2.45, 2.75) is 26.2 Å². The Morgan fingerprint density at radius 1 is 1.44 bits per heavy atom. The van der Waals surface area contributed by atoms with Crippen LogP contribution in [0.4, 0.5) is 4.39 Å². The maximum absolute atomic E-state index is 13.5. The quantitative estimate of drug-likeness (QED) is 0.693. The minimum atomic E-state index is -0.255. The molecule has 2 heteroatoms. The van der Waals surface area contributed by atoms with E-state index in [2.05, 4.69) is 13.5 Å². The summed E-state index contributed by atoms with van der Waals surface area (Å²) in [4.78, 5) is 0. The first-order valence-electron chi connectivity index (χ1n) is 5.62. The van der Waals surface area contributed by atoms with Gasteiger partial charge < -0.3 is 4.74 Å². The normalized spacial score (nSPS) is 19.1. The predicted molar refractivity (Wildman–Crippen MR) is 63.3 cm³/mol. The summed E-state index contributed by atoms with van der Waals surface area (Å²) in [5, 5.41) is 0. The Hall–Kier alpha value is -1.31. The van der Waals surface area contributed by atoms with Gasteiger partial charge in [0.05, 0.1) is 7.11 Å². The lowest BCUT2D eigenvalue weighted by Crippen LogP contribution is -2.15. The van der Waals surface area contributed by atoms with Gasteiger partial charge in [-0.15, -0.1) is 0 Å². The summed E-state index contributed by atoms with van der Waals surface area (Å²) in [7, 11) is 1.50. The first kappa shape index (κ1) is 11.2. The zero-order valence-corrected chi connectivity index (χ0v) is 9.85. The van der Waals surface area contributed by atoms with Crippen molar-refractivity contribution in [2.75, 3.05) is 7.11 Å². The van der Waals surface area contributed by atoms with Crippen LogP contribution >= 0.6 is 0 Å². The van der Waals surface area contributed by atoms with Crippen molar-refractivity contribution >= 4 is 0 Å². The second-order valence-corrected chi connectivity index (χ2v) is 4.54. The van der Waals surface area contributed by atoms with E-state index in [9.17, 15) is 4.39 Å². The monoisotopic (exact) mass is 220 g/mol. The van der Waals surface area contributed by atoms with Crippen molar-refractivity contribution in [1.29, 1.82) is 0 Å². The smallest absolute Gasteiger partial charge is 0.165 e. The molecule has 0 unspecified atom stereocenters. The van der Waals surface area contributed by atoms with Crippen LogP contribution in [0.3, 0.4) is 0 Å². The van der Waals surface area contributed by atoms with Crippen LogP contribution in [0.25, 0.3) is 0 Å². The van der Waals surface area contributed by atoms with Gasteiger partial charge in [0.1, 0.15) is 0 Å². The maximum atomic E-state index is 13.5. The molecular formula is C14H17FO. The van der Waals surface area contributed by atoms with Crippen molar-refractivity contribution in [1.82, 2.24) is 0 Å². The van der Waals surface area contributed by atoms with Gasteiger partial charge in [0, 0.05) is 0 Å². The van der Waals surface area contributed by atoms with Crippen LogP contribution in [0.2, 0.25) is 0 Å². The van der Waals surface area contributed by atoms with Gasteiger partial charge in [0.25, 0.3) is 0 Å². The van der Waals surface area contributed by atoms with Crippen molar-refractivity contribution in [3.8, 4) is 5.75 Å². The third-order valence-electron chi connectivity index (χ3n) is 3.40. The number of methoxy groups -OCH3 is 1. The Morgan fingerprint density at radius 3 is 2.81 bits per heavy atom. The Morgan fingerprint density at radius 2 is 2.19 bits per heavy atom. The SMILES string of the molecule is C=C(C)[C@H]1CCc2cc(F)c(OC)cc2C1. The molecule has 1 nitrogen and oxygen atoms in total. The predicted octanol–water partition coefficient (Wildman–Crippen LogP) is 3.52. The number of hydrogen-bond acceptors (Lipinski definition) is 1. The fraction of sp³-hybridized carbons (Fsp3) is 0.429. The molecule has 0 N–H and O–H groups in total. The summed E-state index contributed by atoms with van der Waals surface area (Å²) in [5.74, 6) is 0.624. The molecule has 86 valence electrons. The molecule has 0 bridgehead atoms. The molecule has 0 aromatic heterocycles. The van der Waals surface area contributed by atoms with E-state index >= 15 is 0 Å². The topological polar surface area (TPSA) is 9.23 Å². The molecule has 1 aromatic carbocycles. The van der Waals surface area contributed by atoms with E-state index in [4.69, 9.17) is 4.74 Å². The molecule has 0 saturated heterocycles. The van der Waals surface area contributed by atoms with Crippen LogP contribution in [0.1, 0.15) is 24.5 Å². The molecule has 1 atom stereocenters. The summed E-state index contributed by atoms with van der Waals surface area (Å²) < 4.78 is 18.5. The van der Waals surface area contributed by atoms with Gasteiger partial charge in [-0.25, -0.2) is 4.39 Å². The fourth-order valence-corrected chi connectivity index (χ4v) is 2.33. The molecule has 0 radical (unpaired) electrons. The number of allylic oxidation sites excluding steroid dienone is 1. The Kier molecular flexibility index (Phi) is 2.99. The van der Waals surface area contributed by atoms with Crippen molar-refractivity contribution in [3.63, 3.8) is 0 Å². The standard InChI is InChI=1S/C14H17FO/c1-9(2)10-4-5-11-7-13(15)14(16-3)8-12(11)6-10/h7-8,10H,1,4-6H2,2-3H3/t10-/m0/s1. The summed E-state index contributed by atoms with van der Waals surface area (Å²) >= 11 is 0. The van der Waals surface area contributed by atoms with E-state index in [1.54, 1.807) is 6.07 Å². The van der Waals surface area contributed by atoms with Crippen LogP contribution < -0.4 is 4.74 Å². The number of hydrogen-bond donors (Lipinski definition) is 0. The molecule has 0 saturated carbocycles. The van der Waals surface area contributed by atoms with Gasteiger partial charge in [-0.05, 0) is 55.4 Å². The summed E-state index contributed by atoms with van der Waals surface area (Å²) in [6.45, 7) is 6.07. The second-order valence-electron chi connectivity index (χ2n) is 4.54. The molecule has 1 aromatic rings. The third kappa shape index (κ3) is 1.97. The average Bonchev–Trinajstić information content (AvgIpc) is 2.27. The Bertz CT molecular complexity index is 423. The second kappa shape index (κ2) is 4.28. The number of ether oxygens (including phenoxy) is 1. The number of halogens is 1. The highest BCUT2D eigenvalue weighted by Gasteiger charge is 2.21. The lowest BCUT2D eigenvalue weighted by Gasteiger charge is -2.25. The van der Waals surface area contributed by atoms with Crippen LogP contribution in [0.15, 0.2) is 24.3 Å². The molecule has 1 aliphatic carbocycles. The van der Waals surface area contributed by atoms with Crippen molar-refractivity contribution in [2.24, 2.45) is 5.92 Å². The van der Waals surface area contributed by atoms with Gasteiger partial charge in [0.15, 0.2) is 11.6 Å². The van der Waals surface area contributed by atoms with Gasteiger partial charge >= 0.3 is 0 Å². The molecule has 0 amide bonds.